The molecule has 0 spiro atoms. The Bertz CT molecular complexity index is 481. The molecule has 0 heterocycles. The highest BCUT2D eigenvalue weighted by atomic mass is 16.6. The van der Waals surface area contributed by atoms with Crippen LogP contribution in [0, 0.1) is 13.8 Å². The predicted octanol–water partition coefficient (Wildman–Crippen LogP) is 3.36. The van der Waals surface area contributed by atoms with E-state index < -0.39 is 5.60 Å². The fourth-order valence-corrected chi connectivity index (χ4v) is 1.88. The van der Waals surface area contributed by atoms with E-state index in [1.807, 2.05) is 32.0 Å². The van der Waals surface area contributed by atoms with E-state index in [0.29, 0.717) is 0 Å². The minimum atomic E-state index is -0.513. The van der Waals surface area contributed by atoms with Gasteiger partial charge >= 0.3 is 5.97 Å². The number of nitrogens with one attached hydrogen (secondary N) is 1. The molecule has 4 nitrogen and oxygen atoms in total. The van der Waals surface area contributed by atoms with Gasteiger partial charge in [0.05, 0.1) is 6.42 Å². The normalized spacial score (nSPS) is 11.1. The van der Waals surface area contributed by atoms with Crippen molar-refractivity contribution in [2.75, 3.05) is 5.32 Å². The summed E-state index contributed by atoms with van der Waals surface area (Å²) in [5.41, 5.74) is 2.43. The molecule has 1 N–H and O–H groups in total. The first-order valence-corrected chi connectivity index (χ1v) is 6.76. The van der Waals surface area contributed by atoms with Crippen LogP contribution in [0.4, 0.5) is 5.69 Å². The van der Waals surface area contributed by atoms with Crippen LogP contribution in [-0.4, -0.2) is 17.5 Å². The molecule has 0 aliphatic heterocycles. The van der Waals surface area contributed by atoms with Gasteiger partial charge in [0.15, 0.2) is 0 Å². The van der Waals surface area contributed by atoms with Gasteiger partial charge in [0.1, 0.15) is 5.60 Å². The zero-order valence-corrected chi connectivity index (χ0v) is 12.9. The maximum atomic E-state index is 11.8. The zero-order valence-electron chi connectivity index (χ0n) is 12.9. The topological polar surface area (TPSA) is 55.4 Å². The van der Waals surface area contributed by atoms with E-state index in [2.05, 4.69) is 5.32 Å². The highest BCUT2D eigenvalue weighted by Gasteiger charge is 2.17. The molecule has 4 heteroatoms. The second-order valence-corrected chi connectivity index (χ2v) is 6.01. The first kappa shape index (κ1) is 16.2. The van der Waals surface area contributed by atoms with Crippen LogP contribution in [-0.2, 0) is 14.3 Å². The number of amides is 1. The lowest BCUT2D eigenvalue weighted by molar-refractivity contribution is -0.155. The van der Waals surface area contributed by atoms with Crippen LogP contribution in [0.15, 0.2) is 18.2 Å². The Morgan fingerprint density at radius 1 is 1.05 bits per heavy atom. The van der Waals surface area contributed by atoms with Crippen LogP contribution in [0.1, 0.15) is 44.7 Å². The van der Waals surface area contributed by atoms with Crippen molar-refractivity contribution in [3.05, 3.63) is 29.3 Å². The third kappa shape index (κ3) is 6.36. The molecule has 0 aliphatic carbocycles. The Morgan fingerprint density at radius 2 is 1.60 bits per heavy atom. The molecular formula is C16H23NO3. The SMILES string of the molecule is Cc1cc(C)cc(NC(=O)CCC(=O)OC(C)(C)C)c1. The number of carbonyl (C=O) groups excluding carboxylic acids is 2. The van der Waals surface area contributed by atoms with E-state index in [9.17, 15) is 9.59 Å². The van der Waals surface area contributed by atoms with Crippen molar-refractivity contribution < 1.29 is 14.3 Å². The molecule has 0 bridgehead atoms. The Hall–Kier alpha value is -1.84. The Balaban J connectivity index is 2.46. The number of hydrogen-bond acceptors (Lipinski definition) is 3. The number of ether oxygens (including phenoxy) is 1. The third-order valence-electron chi connectivity index (χ3n) is 2.48. The van der Waals surface area contributed by atoms with Crippen molar-refractivity contribution in [3.8, 4) is 0 Å². The molecule has 0 radical (unpaired) electrons. The van der Waals surface area contributed by atoms with Gasteiger partial charge in [0.2, 0.25) is 5.91 Å². The van der Waals surface area contributed by atoms with Crippen molar-refractivity contribution in [1.29, 1.82) is 0 Å². The summed E-state index contributed by atoms with van der Waals surface area (Å²) < 4.78 is 5.16. The number of aryl methyl sites for hydroxylation is 2. The summed E-state index contributed by atoms with van der Waals surface area (Å²) in [6, 6.07) is 5.84. The van der Waals surface area contributed by atoms with Gasteiger partial charge in [-0.15, -0.1) is 0 Å². The zero-order chi connectivity index (χ0) is 15.3. The third-order valence-corrected chi connectivity index (χ3v) is 2.48. The number of rotatable bonds is 4. The van der Waals surface area contributed by atoms with Gasteiger partial charge in [-0.25, -0.2) is 0 Å². The van der Waals surface area contributed by atoms with Crippen LogP contribution in [0.5, 0.6) is 0 Å². The predicted molar refractivity (Wildman–Crippen MR) is 79.6 cm³/mol. The van der Waals surface area contributed by atoms with Gasteiger partial charge in [-0.05, 0) is 57.9 Å². The molecule has 1 aromatic carbocycles. The smallest absolute Gasteiger partial charge is 0.306 e. The summed E-state index contributed by atoms with van der Waals surface area (Å²) in [6.07, 6.45) is 0.218. The van der Waals surface area contributed by atoms with Crippen LogP contribution >= 0.6 is 0 Å². The number of esters is 1. The highest BCUT2D eigenvalue weighted by molar-refractivity contribution is 5.92. The molecule has 1 amide bonds. The summed E-state index contributed by atoms with van der Waals surface area (Å²) >= 11 is 0. The summed E-state index contributed by atoms with van der Waals surface area (Å²) in [6.45, 7) is 9.37. The number of carbonyl (C=O) groups is 2. The maximum absolute atomic E-state index is 11.8. The molecule has 1 rings (SSSR count). The van der Waals surface area contributed by atoms with Crippen LogP contribution in [0.2, 0.25) is 0 Å². The van der Waals surface area contributed by atoms with E-state index in [4.69, 9.17) is 4.74 Å². The average molecular weight is 277 g/mol. The Kier molecular flexibility index (Phi) is 5.31. The van der Waals surface area contributed by atoms with E-state index >= 15 is 0 Å². The van der Waals surface area contributed by atoms with Crippen LogP contribution < -0.4 is 5.32 Å². The quantitative estimate of drug-likeness (QED) is 0.858. The van der Waals surface area contributed by atoms with Crippen molar-refractivity contribution in [1.82, 2.24) is 0 Å². The minimum Gasteiger partial charge on any atom is -0.460 e. The number of anilines is 1. The van der Waals surface area contributed by atoms with Crippen molar-refractivity contribution in [2.45, 2.75) is 53.1 Å². The molecule has 0 fully saturated rings. The molecular weight excluding hydrogens is 254 g/mol. The number of hydrogen-bond donors (Lipinski definition) is 1. The largest absolute Gasteiger partial charge is 0.460 e. The van der Waals surface area contributed by atoms with Gasteiger partial charge in [-0.1, -0.05) is 6.07 Å². The van der Waals surface area contributed by atoms with E-state index in [1.54, 1.807) is 20.8 Å². The monoisotopic (exact) mass is 277 g/mol. The molecule has 110 valence electrons. The molecule has 0 atom stereocenters. The minimum absolute atomic E-state index is 0.0912. The lowest BCUT2D eigenvalue weighted by Crippen LogP contribution is -2.24. The van der Waals surface area contributed by atoms with Crippen molar-refractivity contribution in [2.24, 2.45) is 0 Å². The molecule has 0 saturated heterocycles. The van der Waals surface area contributed by atoms with E-state index in [0.717, 1.165) is 16.8 Å². The summed E-state index contributed by atoms with van der Waals surface area (Å²) in [4.78, 5) is 23.3. The fourth-order valence-electron chi connectivity index (χ4n) is 1.88. The molecule has 0 aromatic heterocycles. The number of benzene rings is 1. The van der Waals surface area contributed by atoms with Crippen molar-refractivity contribution in [3.63, 3.8) is 0 Å². The molecule has 0 unspecified atom stereocenters. The van der Waals surface area contributed by atoms with Crippen LogP contribution in [0.3, 0.4) is 0 Å². The fraction of sp³-hybridized carbons (Fsp3) is 0.500. The molecule has 0 aliphatic rings. The van der Waals surface area contributed by atoms with Gasteiger partial charge in [0, 0.05) is 12.1 Å². The van der Waals surface area contributed by atoms with Gasteiger partial charge in [-0.3, -0.25) is 9.59 Å². The maximum Gasteiger partial charge on any atom is 0.306 e. The summed E-state index contributed by atoms with van der Waals surface area (Å²) in [5, 5.41) is 2.80. The lowest BCUT2D eigenvalue weighted by Gasteiger charge is -2.19. The summed E-state index contributed by atoms with van der Waals surface area (Å²) in [5.74, 6) is -0.533. The van der Waals surface area contributed by atoms with Crippen molar-refractivity contribution >= 4 is 17.6 Å². The van der Waals surface area contributed by atoms with E-state index in [-0.39, 0.29) is 24.7 Å². The molecule has 20 heavy (non-hydrogen) atoms. The second kappa shape index (κ2) is 6.55. The Labute approximate surface area is 120 Å². The molecule has 1 aromatic rings. The van der Waals surface area contributed by atoms with Gasteiger partial charge < -0.3 is 10.1 Å². The van der Waals surface area contributed by atoms with Gasteiger partial charge in [0.25, 0.3) is 0 Å². The summed E-state index contributed by atoms with van der Waals surface area (Å²) in [7, 11) is 0. The standard InChI is InChI=1S/C16H23NO3/c1-11-8-12(2)10-13(9-11)17-14(18)6-7-15(19)20-16(3,4)5/h8-10H,6-7H2,1-5H3,(H,17,18). The molecule has 0 saturated carbocycles. The first-order chi connectivity index (χ1) is 9.15. The van der Waals surface area contributed by atoms with Gasteiger partial charge in [-0.2, -0.15) is 0 Å². The van der Waals surface area contributed by atoms with E-state index in [1.165, 1.54) is 0 Å². The first-order valence-electron chi connectivity index (χ1n) is 6.76. The highest BCUT2D eigenvalue weighted by Crippen LogP contribution is 2.14. The average Bonchev–Trinajstić information content (AvgIpc) is 2.22. The second-order valence-electron chi connectivity index (χ2n) is 6.01. The van der Waals surface area contributed by atoms with Crippen LogP contribution in [0.25, 0.3) is 0 Å². The Morgan fingerprint density at radius 3 is 2.10 bits per heavy atom. The lowest BCUT2D eigenvalue weighted by atomic mass is 10.1.